The summed E-state index contributed by atoms with van der Waals surface area (Å²) in [4.78, 5) is 0. The third-order valence-corrected chi connectivity index (χ3v) is 3.55. The van der Waals surface area contributed by atoms with Gasteiger partial charge in [-0.25, -0.2) is 0 Å². The minimum absolute atomic E-state index is 0.0409. The van der Waals surface area contributed by atoms with Gasteiger partial charge in [-0.3, -0.25) is 0 Å². The number of fused-ring (bicyclic) bond motifs is 1. The van der Waals surface area contributed by atoms with Crippen LogP contribution in [0.4, 0.5) is 18.9 Å². The first-order valence-electron chi connectivity index (χ1n) is 6.10. The maximum Gasteiger partial charge on any atom is 0.416 e. The quantitative estimate of drug-likeness (QED) is 0.638. The Morgan fingerprint density at radius 1 is 1.00 bits per heavy atom. The molecule has 0 aliphatic carbocycles. The van der Waals surface area contributed by atoms with Crippen molar-refractivity contribution in [2.45, 2.75) is 6.18 Å². The molecule has 0 fully saturated rings. The predicted octanol–water partition coefficient (Wildman–Crippen LogP) is 4.88. The van der Waals surface area contributed by atoms with Crippen molar-refractivity contribution in [1.82, 2.24) is 4.57 Å². The van der Waals surface area contributed by atoms with Gasteiger partial charge in [-0.1, -0.05) is 11.6 Å². The number of alkyl halides is 3. The number of aromatic nitrogens is 1. The van der Waals surface area contributed by atoms with Gasteiger partial charge in [0.25, 0.3) is 0 Å². The van der Waals surface area contributed by atoms with E-state index in [1.807, 2.05) is 6.07 Å². The summed E-state index contributed by atoms with van der Waals surface area (Å²) in [6.45, 7) is 0. The number of rotatable bonds is 1. The second-order valence-corrected chi connectivity index (χ2v) is 5.08. The third kappa shape index (κ3) is 2.45. The van der Waals surface area contributed by atoms with E-state index < -0.39 is 11.7 Å². The van der Waals surface area contributed by atoms with Crippen LogP contribution in [0.25, 0.3) is 16.6 Å². The van der Waals surface area contributed by atoms with Crippen LogP contribution < -0.4 is 5.73 Å². The topological polar surface area (TPSA) is 30.9 Å². The molecule has 3 rings (SSSR count). The van der Waals surface area contributed by atoms with E-state index in [0.29, 0.717) is 11.4 Å². The SMILES string of the molecule is Nc1ccc2c(ccn2-c2ccc(C(F)(F)F)cc2Cl)c1. The highest BCUT2D eigenvalue weighted by atomic mass is 35.5. The first kappa shape index (κ1) is 13.8. The fourth-order valence-electron chi connectivity index (χ4n) is 2.25. The van der Waals surface area contributed by atoms with Crippen molar-refractivity contribution in [1.29, 1.82) is 0 Å². The van der Waals surface area contributed by atoms with Crippen LogP contribution in [0.5, 0.6) is 0 Å². The Labute approximate surface area is 123 Å². The summed E-state index contributed by atoms with van der Waals surface area (Å²) in [5, 5.41) is 0.935. The van der Waals surface area contributed by atoms with Crippen molar-refractivity contribution in [2.24, 2.45) is 0 Å². The normalized spacial score (nSPS) is 12.0. The number of hydrogen-bond acceptors (Lipinski definition) is 1. The lowest BCUT2D eigenvalue weighted by atomic mass is 10.2. The average Bonchev–Trinajstić information content (AvgIpc) is 2.80. The zero-order valence-electron chi connectivity index (χ0n) is 10.7. The van der Waals surface area contributed by atoms with Crippen molar-refractivity contribution in [3.8, 4) is 5.69 Å². The number of hydrogen-bond donors (Lipinski definition) is 1. The molecule has 21 heavy (non-hydrogen) atoms. The molecular formula is C15H10ClF3N2. The predicted molar refractivity (Wildman–Crippen MR) is 77.7 cm³/mol. The Kier molecular flexibility index (Phi) is 3.10. The van der Waals surface area contributed by atoms with Crippen molar-refractivity contribution in [3.63, 3.8) is 0 Å². The van der Waals surface area contributed by atoms with Crippen LogP contribution >= 0.6 is 11.6 Å². The molecule has 0 aliphatic heterocycles. The number of nitrogen functional groups attached to an aromatic ring is 1. The molecule has 0 saturated carbocycles. The molecule has 0 amide bonds. The summed E-state index contributed by atoms with van der Waals surface area (Å²) in [5.41, 5.74) is 6.88. The number of nitrogens with zero attached hydrogens (tertiary/aromatic N) is 1. The summed E-state index contributed by atoms with van der Waals surface area (Å²) in [7, 11) is 0. The fraction of sp³-hybridized carbons (Fsp3) is 0.0667. The molecule has 1 aromatic heterocycles. The summed E-state index contributed by atoms with van der Waals surface area (Å²) < 4.78 is 39.7. The van der Waals surface area contributed by atoms with Gasteiger partial charge in [-0.2, -0.15) is 13.2 Å². The Morgan fingerprint density at radius 3 is 2.43 bits per heavy atom. The molecule has 0 saturated heterocycles. The standard InChI is InChI=1S/C15H10ClF3N2/c16-12-8-10(15(17,18)19)1-3-14(12)21-6-5-9-7-11(20)2-4-13(9)21/h1-8H,20H2. The van der Waals surface area contributed by atoms with Gasteiger partial charge in [0.15, 0.2) is 0 Å². The fourth-order valence-corrected chi connectivity index (χ4v) is 2.52. The Hall–Kier alpha value is -2.14. The molecular weight excluding hydrogens is 301 g/mol. The number of anilines is 1. The van der Waals surface area contributed by atoms with Crippen LogP contribution in [0.15, 0.2) is 48.7 Å². The van der Waals surface area contributed by atoms with E-state index >= 15 is 0 Å². The molecule has 0 atom stereocenters. The van der Waals surface area contributed by atoms with Gasteiger partial charge >= 0.3 is 6.18 Å². The monoisotopic (exact) mass is 310 g/mol. The molecule has 0 unspecified atom stereocenters. The van der Waals surface area contributed by atoms with Gasteiger partial charge < -0.3 is 10.3 Å². The van der Waals surface area contributed by atoms with Crippen LogP contribution in [0.1, 0.15) is 5.56 Å². The molecule has 108 valence electrons. The lowest BCUT2D eigenvalue weighted by molar-refractivity contribution is -0.137. The summed E-state index contributed by atoms with van der Waals surface area (Å²) in [6.07, 6.45) is -2.66. The zero-order chi connectivity index (χ0) is 15.2. The maximum atomic E-state index is 12.7. The zero-order valence-corrected chi connectivity index (χ0v) is 11.4. The summed E-state index contributed by atoms with van der Waals surface area (Å²) >= 11 is 6.01. The maximum absolute atomic E-state index is 12.7. The van der Waals surface area contributed by atoms with Gasteiger partial charge in [-0.15, -0.1) is 0 Å². The van der Waals surface area contributed by atoms with E-state index in [1.165, 1.54) is 6.07 Å². The number of halogens is 4. The van der Waals surface area contributed by atoms with E-state index in [-0.39, 0.29) is 5.02 Å². The summed E-state index contributed by atoms with van der Waals surface area (Å²) in [6, 6.07) is 10.5. The van der Waals surface area contributed by atoms with Crippen molar-refractivity contribution in [2.75, 3.05) is 5.73 Å². The van der Waals surface area contributed by atoms with E-state index in [2.05, 4.69) is 0 Å². The number of nitrogens with two attached hydrogens (primary N) is 1. The molecule has 2 N–H and O–H groups in total. The average molecular weight is 311 g/mol. The van der Waals surface area contributed by atoms with Crippen LogP contribution in [0.2, 0.25) is 5.02 Å². The molecule has 1 heterocycles. The summed E-state index contributed by atoms with van der Waals surface area (Å²) in [5.74, 6) is 0. The van der Waals surface area contributed by atoms with Gasteiger partial charge in [0.05, 0.1) is 21.8 Å². The van der Waals surface area contributed by atoms with E-state index in [1.54, 1.807) is 29.0 Å². The molecule has 0 aliphatic rings. The highest BCUT2D eigenvalue weighted by Gasteiger charge is 2.31. The van der Waals surface area contributed by atoms with Gasteiger partial charge in [0.1, 0.15) is 0 Å². The molecule has 2 aromatic carbocycles. The van der Waals surface area contributed by atoms with Crippen molar-refractivity contribution >= 4 is 28.2 Å². The second-order valence-electron chi connectivity index (χ2n) is 4.67. The van der Waals surface area contributed by atoms with Crippen LogP contribution in [0, 0.1) is 0 Å². The molecule has 0 spiro atoms. The van der Waals surface area contributed by atoms with Crippen molar-refractivity contribution < 1.29 is 13.2 Å². The lowest BCUT2D eigenvalue weighted by Crippen LogP contribution is -2.05. The lowest BCUT2D eigenvalue weighted by Gasteiger charge is -2.12. The third-order valence-electron chi connectivity index (χ3n) is 3.25. The van der Waals surface area contributed by atoms with Crippen molar-refractivity contribution in [3.05, 3.63) is 59.2 Å². The first-order valence-corrected chi connectivity index (χ1v) is 6.48. The molecule has 0 bridgehead atoms. The minimum Gasteiger partial charge on any atom is -0.399 e. The Bertz CT molecular complexity index is 821. The number of benzene rings is 2. The van der Waals surface area contributed by atoms with E-state index in [9.17, 15) is 13.2 Å². The van der Waals surface area contributed by atoms with Crippen LogP contribution in [-0.2, 0) is 6.18 Å². The Morgan fingerprint density at radius 2 is 1.76 bits per heavy atom. The highest BCUT2D eigenvalue weighted by molar-refractivity contribution is 6.32. The van der Waals surface area contributed by atoms with E-state index in [4.69, 9.17) is 17.3 Å². The largest absolute Gasteiger partial charge is 0.416 e. The van der Waals surface area contributed by atoms with Gasteiger partial charge in [-0.05, 0) is 42.5 Å². The molecule has 0 radical (unpaired) electrons. The second kappa shape index (κ2) is 4.70. The molecule has 2 nitrogen and oxygen atoms in total. The minimum atomic E-state index is -4.41. The molecule has 3 aromatic rings. The van der Waals surface area contributed by atoms with Gasteiger partial charge in [0, 0.05) is 17.3 Å². The first-order chi connectivity index (χ1) is 9.86. The van der Waals surface area contributed by atoms with Gasteiger partial charge in [0.2, 0.25) is 0 Å². The van der Waals surface area contributed by atoms with Crippen LogP contribution in [-0.4, -0.2) is 4.57 Å². The molecule has 6 heteroatoms. The van der Waals surface area contributed by atoms with Crippen LogP contribution in [0.3, 0.4) is 0 Å². The van der Waals surface area contributed by atoms with E-state index in [0.717, 1.165) is 23.0 Å². The smallest absolute Gasteiger partial charge is 0.399 e. The Balaban J connectivity index is 2.15. The highest BCUT2D eigenvalue weighted by Crippen LogP contribution is 2.34.